The molecule has 0 aliphatic carbocycles. The lowest BCUT2D eigenvalue weighted by Crippen LogP contribution is -2.62. The first-order valence-corrected chi connectivity index (χ1v) is 9.37. The lowest BCUT2D eigenvalue weighted by Gasteiger charge is -2.43. The Labute approximate surface area is 159 Å². The SMILES string of the molecule is CC(=O)OC[C@@H]1O[C@H](OP(=O)(O)O)[C@@H](OC(C)=O)[C@H](OC(C)=O)[C@@H]1OC(C)=O. The fourth-order valence-corrected chi connectivity index (χ4v) is 2.85. The third kappa shape index (κ3) is 7.90. The van der Waals surface area contributed by atoms with Gasteiger partial charge in [0, 0.05) is 27.7 Å². The number of carbonyl (C=O) groups excluding carboxylic acids is 4. The third-order valence-electron chi connectivity index (χ3n) is 3.19. The average molecular weight is 428 g/mol. The highest BCUT2D eigenvalue weighted by Crippen LogP contribution is 2.42. The number of rotatable bonds is 7. The Balaban J connectivity index is 3.34. The van der Waals surface area contributed by atoms with E-state index in [9.17, 15) is 23.7 Å². The molecule has 0 aromatic rings. The van der Waals surface area contributed by atoms with Gasteiger partial charge in [0.25, 0.3) is 0 Å². The topological polar surface area (TPSA) is 181 Å². The second-order valence-corrected chi connectivity index (χ2v) is 6.86. The molecule has 0 saturated carbocycles. The summed E-state index contributed by atoms with van der Waals surface area (Å²) in [5, 5.41) is 0. The first kappa shape index (κ1) is 24.0. The van der Waals surface area contributed by atoms with Crippen LogP contribution < -0.4 is 0 Å². The smallest absolute Gasteiger partial charge is 0.463 e. The van der Waals surface area contributed by atoms with E-state index in [0.717, 1.165) is 27.7 Å². The highest BCUT2D eigenvalue weighted by molar-refractivity contribution is 7.46. The summed E-state index contributed by atoms with van der Waals surface area (Å²) >= 11 is 0. The molecule has 0 spiro atoms. The maximum atomic E-state index is 11.5. The molecule has 1 aliphatic rings. The van der Waals surface area contributed by atoms with Gasteiger partial charge in [0.05, 0.1) is 0 Å². The van der Waals surface area contributed by atoms with Gasteiger partial charge in [0.15, 0.2) is 18.3 Å². The van der Waals surface area contributed by atoms with Crippen LogP contribution in [0.3, 0.4) is 0 Å². The van der Waals surface area contributed by atoms with Gasteiger partial charge in [0.1, 0.15) is 12.7 Å². The van der Waals surface area contributed by atoms with Crippen molar-refractivity contribution in [3.05, 3.63) is 0 Å². The van der Waals surface area contributed by atoms with Crippen molar-refractivity contribution in [2.24, 2.45) is 0 Å². The average Bonchev–Trinajstić information content (AvgIpc) is 2.48. The molecular formula is C14H21O13P. The van der Waals surface area contributed by atoms with Gasteiger partial charge in [-0.1, -0.05) is 0 Å². The van der Waals surface area contributed by atoms with Gasteiger partial charge in [-0.25, -0.2) is 4.57 Å². The van der Waals surface area contributed by atoms with Crippen LogP contribution in [0.15, 0.2) is 0 Å². The van der Waals surface area contributed by atoms with Gasteiger partial charge >= 0.3 is 31.7 Å². The highest BCUT2D eigenvalue weighted by Gasteiger charge is 2.54. The Kier molecular flexibility index (Phi) is 8.51. The van der Waals surface area contributed by atoms with Crippen LogP contribution >= 0.6 is 7.82 Å². The molecule has 0 aromatic heterocycles. The summed E-state index contributed by atoms with van der Waals surface area (Å²) in [5.74, 6) is -3.38. The van der Waals surface area contributed by atoms with E-state index in [-0.39, 0.29) is 0 Å². The maximum absolute atomic E-state index is 11.5. The highest BCUT2D eigenvalue weighted by atomic mass is 31.2. The Hall–Kier alpha value is -2.05. The van der Waals surface area contributed by atoms with E-state index < -0.39 is 69.0 Å². The zero-order valence-electron chi connectivity index (χ0n) is 15.4. The first-order chi connectivity index (χ1) is 12.8. The predicted molar refractivity (Wildman–Crippen MR) is 85.1 cm³/mol. The predicted octanol–water partition coefficient (Wildman–Crippen LogP) is -0.821. The zero-order chi connectivity index (χ0) is 21.6. The largest absolute Gasteiger partial charge is 0.472 e. The third-order valence-corrected chi connectivity index (χ3v) is 3.67. The van der Waals surface area contributed by atoms with E-state index in [1.807, 2.05) is 0 Å². The van der Waals surface area contributed by atoms with Gasteiger partial charge < -0.3 is 33.5 Å². The van der Waals surface area contributed by atoms with Gasteiger partial charge in [-0.3, -0.25) is 23.7 Å². The molecule has 0 aromatic carbocycles. The molecule has 14 heteroatoms. The van der Waals surface area contributed by atoms with Crippen molar-refractivity contribution in [2.45, 2.75) is 58.4 Å². The molecule has 0 amide bonds. The van der Waals surface area contributed by atoms with Crippen LogP contribution in [0.4, 0.5) is 0 Å². The van der Waals surface area contributed by atoms with E-state index in [0.29, 0.717) is 0 Å². The van der Waals surface area contributed by atoms with E-state index in [1.165, 1.54) is 0 Å². The quantitative estimate of drug-likeness (QED) is 0.292. The molecule has 13 nitrogen and oxygen atoms in total. The minimum absolute atomic E-state index is 0.543. The van der Waals surface area contributed by atoms with Crippen molar-refractivity contribution >= 4 is 31.7 Å². The van der Waals surface area contributed by atoms with Gasteiger partial charge in [0.2, 0.25) is 6.29 Å². The van der Waals surface area contributed by atoms with Crippen LogP contribution in [0.5, 0.6) is 0 Å². The Morgan fingerprint density at radius 2 is 1.29 bits per heavy atom. The van der Waals surface area contributed by atoms with Crippen molar-refractivity contribution in [3.8, 4) is 0 Å². The lowest BCUT2D eigenvalue weighted by atomic mass is 9.98. The van der Waals surface area contributed by atoms with E-state index >= 15 is 0 Å². The fraction of sp³-hybridized carbons (Fsp3) is 0.714. The summed E-state index contributed by atoms with van der Waals surface area (Å²) in [6.07, 6.45) is -8.01. The number of phosphoric acid groups is 1. The zero-order valence-corrected chi connectivity index (χ0v) is 16.3. The summed E-state index contributed by atoms with van der Waals surface area (Å²) in [6.45, 7) is 3.56. The monoisotopic (exact) mass is 428 g/mol. The van der Waals surface area contributed by atoms with Crippen LogP contribution in [0.2, 0.25) is 0 Å². The summed E-state index contributed by atoms with van der Waals surface area (Å²) in [7, 11) is -5.16. The number of carbonyl (C=O) groups is 4. The van der Waals surface area contributed by atoms with Crippen LogP contribution in [0.25, 0.3) is 0 Å². The number of phosphoric ester groups is 1. The molecule has 2 N–H and O–H groups in total. The van der Waals surface area contributed by atoms with Crippen LogP contribution in [0, 0.1) is 0 Å². The Morgan fingerprint density at radius 3 is 1.71 bits per heavy atom. The minimum Gasteiger partial charge on any atom is -0.463 e. The van der Waals surface area contributed by atoms with Crippen molar-refractivity contribution in [1.29, 1.82) is 0 Å². The van der Waals surface area contributed by atoms with Crippen LogP contribution in [0.1, 0.15) is 27.7 Å². The summed E-state index contributed by atoms with van der Waals surface area (Å²) < 4.78 is 40.9. The normalized spacial score (nSPS) is 27.4. The lowest BCUT2D eigenvalue weighted by molar-refractivity contribution is -0.291. The summed E-state index contributed by atoms with van der Waals surface area (Å²) in [6, 6.07) is 0. The second kappa shape index (κ2) is 9.94. The van der Waals surface area contributed by atoms with E-state index in [4.69, 9.17) is 33.5 Å². The first-order valence-electron chi connectivity index (χ1n) is 7.84. The molecule has 0 unspecified atom stereocenters. The van der Waals surface area contributed by atoms with Gasteiger partial charge in [-0.15, -0.1) is 0 Å². The Bertz CT molecular complexity index is 656. The summed E-state index contributed by atoms with van der Waals surface area (Å²) in [5.41, 5.74) is 0. The van der Waals surface area contributed by atoms with E-state index in [2.05, 4.69) is 4.52 Å². The number of hydrogen-bond acceptors (Lipinski definition) is 11. The summed E-state index contributed by atoms with van der Waals surface area (Å²) in [4.78, 5) is 63.7. The number of hydrogen-bond donors (Lipinski definition) is 2. The van der Waals surface area contributed by atoms with Gasteiger partial charge in [-0.05, 0) is 0 Å². The molecule has 5 atom stereocenters. The van der Waals surface area contributed by atoms with E-state index in [1.54, 1.807) is 0 Å². The molecule has 28 heavy (non-hydrogen) atoms. The molecule has 0 bridgehead atoms. The minimum atomic E-state index is -5.16. The standard InChI is InChI=1S/C14H21O13P/c1-6(15)22-5-10-11(23-7(2)16)12(24-8(3)17)13(25-9(4)18)14(26-10)27-28(19,20)21/h10-14H,5H2,1-4H3,(H2,19,20,21)/t10-,11+,12+,13-,14+/m0/s1. The number of esters is 4. The maximum Gasteiger partial charge on any atom is 0.472 e. The van der Waals surface area contributed by atoms with Gasteiger partial charge in [-0.2, -0.15) is 0 Å². The van der Waals surface area contributed by atoms with Crippen molar-refractivity contribution in [1.82, 2.24) is 0 Å². The number of ether oxygens (including phenoxy) is 5. The van der Waals surface area contributed by atoms with Crippen molar-refractivity contribution in [3.63, 3.8) is 0 Å². The molecule has 1 heterocycles. The molecule has 1 rings (SSSR count). The molecule has 1 saturated heterocycles. The van der Waals surface area contributed by atoms with Crippen molar-refractivity contribution < 1.29 is 61.7 Å². The van der Waals surface area contributed by atoms with Crippen molar-refractivity contribution in [2.75, 3.05) is 6.61 Å². The molecule has 1 fully saturated rings. The van der Waals surface area contributed by atoms with Crippen LogP contribution in [-0.4, -0.2) is 71.0 Å². The molecule has 0 radical (unpaired) electrons. The second-order valence-electron chi connectivity index (χ2n) is 5.66. The van der Waals surface area contributed by atoms with Crippen LogP contribution in [-0.2, 0) is 52.0 Å². The molecule has 160 valence electrons. The molecule has 1 aliphatic heterocycles. The molecular weight excluding hydrogens is 407 g/mol. The fourth-order valence-electron chi connectivity index (χ4n) is 2.41. The Morgan fingerprint density at radius 1 is 0.821 bits per heavy atom.